The Morgan fingerprint density at radius 3 is 2.96 bits per heavy atom. The third kappa shape index (κ3) is 4.47. The van der Waals surface area contributed by atoms with Crippen molar-refractivity contribution in [2.75, 3.05) is 7.11 Å². The number of nitrogens with one attached hydrogen (secondary N) is 1. The number of methoxy groups -OCH3 is 1. The van der Waals surface area contributed by atoms with Crippen LogP contribution in [0.25, 0.3) is 11.4 Å². The molecule has 3 rings (SSSR count). The smallest absolute Gasteiger partial charge is 0.227 e. The Labute approximate surface area is 151 Å². The zero-order valence-electron chi connectivity index (χ0n) is 14.8. The summed E-state index contributed by atoms with van der Waals surface area (Å²) in [5.41, 5.74) is 0.752. The molecule has 2 aromatic heterocycles. The molecule has 0 unspecified atom stereocenters. The monoisotopic (exact) mass is 355 g/mol. The number of aryl methyl sites for hydroxylation is 1. The zero-order valence-corrected chi connectivity index (χ0v) is 14.8. The molecule has 0 saturated carbocycles. The molecule has 1 aromatic carbocycles. The van der Waals surface area contributed by atoms with Crippen LogP contribution in [0.2, 0.25) is 0 Å². The van der Waals surface area contributed by atoms with Crippen LogP contribution in [-0.4, -0.2) is 39.0 Å². The van der Waals surface area contributed by atoms with E-state index in [0.29, 0.717) is 30.4 Å². The van der Waals surface area contributed by atoms with E-state index < -0.39 is 0 Å². The van der Waals surface area contributed by atoms with Gasteiger partial charge in [-0.1, -0.05) is 17.3 Å². The van der Waals surface area contributed by atoms with Crippen molar-refractivity contribution in [3.05, 3.63) is 48.6 Å². The summed E-state index contributed by atoms with van der Waals surface area (Å²) >= 11 is 0. The zero-order chi connectivity index (χ0) is 18.4. The Balaban J connectivity index is 1.52. The Morgan fingerprint density at radius 1 is 1.35 bits per heavy atom. The second-order valence-corrected chi connectivity index (χ2v) is 5.91. The van der Waals surface area contributed by atoms with Gasteiger partial charge in [0.05, 0.1) is 19.2 Å². The standard InChI is InChI=1S/C18H21N5O3/c1-13(12-23-11-5-10-19-23)20-16(24)8-9-17-21-18(22-26-17)14-6-3-4-7-15(14)25-2/h3-7,10-11,13H,8-9,12H2,1-2H3,(H,20,24)/t13-/m0/s1. The lowest BCUT2D eigenvalue weighted by atomic mass is 10.2. The highest BCUT2D eigenvalue weighted by atomic mass is 16.5. The first-order valence-corrected chi connectivity index (χ1v) is 8.38. The number of carbonyl (C=O) groups excluding carboxylic acids is 1. The fourth-order valence-electron chi connectivity index (χ4n) is 2.60. The largest absolute Gasteiger partial charge is 0.496 e. The molecule has 8 heteroatoms. The SMILES string of the molecule is COc1ccccc1-c1noc(CCC(=O)N[C@@H](C)Cn2cccn2)n1. The summed E-state index contributed by atoms with van der Waals surface area (Å²) in [4.78, 5) is 16.4. The number of carbonyl (C=O) groups is 1. The Hall–Kier alpha value is -3.16. The van der Waals surface area contributed by atoms with Crippen LogP contribution in [-0.2, 0) is 17.8 Å². The summed E-state index contributed by atoms with van der Waals surface area (Å²) < 4.78 is 12.3. The molecule has 0 aliphatic heterocycles. The van der Waals surface area contributed by atoms with Crippen molar-refractivity contribution in [3.8, 4) is 17.1 Å². The quantitative estimate of drug-likeness (QED) is 0.665. The summed E-state index contributed by atoms with van der Waals surface area (Å²) in [6, 6.07) is 9.27. The van der Waals surface area contributed by atoms with Crippen molar-refractivity contribution in [1.82, 2.24) is 25.2 Å². The van der Waals surface area contributed by atoms with Crippen molar-refractivity contribution in [2.24, 2.45) is 0 Å². The Bertz CT molecular complexity index is 844. The van der Waals surface area contributed by atoms with E-state index in [1.807, 2.05) is 43.5 Å². The molecular formula is C18H21N5O3. The van der Waals surface area contributed by atoms with Gasteiger partial charge in [-0.2, -0.15) is 10.1 Å². The summed E-state index contributed by atoms with van der Waals surface area (Å²) in [7, 11) is 1.59. The molecule has 8 nitrogen and oxygen atoms in total. The highest BCUT2D eigenvalue weighted by Gasteiger charge is 2.14. The van der Waals surface area contributed by atoms with Gasteiger partial charge in [0.25, 0.3) is 0 Å². The number of amides is 1. The number of aromatic nitrogens is 4. The molecule has 3 aromatic rings. The maximum absolute atomic E-state index is 12.1. The predicted octanol–water partition coefficient (Wildman–Crippen LogP) is 2.08. The second kappa shape index (κ2) is 8.28. The van der Waals surface area contributed by atoms with Crippen LogP contribution in [0.5, 0.6) is 5.75 Å². The lowest BCUT2D eigenvalue weighted by molar-refractivity contribution is -0.121. The highest BCUT2D eigenvalue weighted by Crippen LogP contribution is 2.27. The molecule has 1 atom stereocenters. The number of nitrogens with zero attached hydrogens (tertiary/aromatic N) is 4. The van der Waals surface area contributed by atoms with Crippen LogP contribution in [0.3, 0.4) is 0 Å². The van der Waals surface area contributed by atoms with E-state index in [2.05, 4.69) is 20.6 Å². The number of para-hydroxylation sites is 1. The van der Waals surface area contributed by atoms with Crippen LogP contribution in [0.15, 0.2) is 47.2 Å². The molecular weight excluding hydrogens is 334 g/mol. The first-order chi connectivity index (χ1) is 12.7. The van der Waals surface area contributed by atoms with E-state index in [1.54, 1.807) is 18.0 Å². The molecule has 0 bridgehead atoms. The van der Waals surface area contributed by atoms with E-state index in [-0.39, 0.29) is 18.4 Å². The molecule has 1 amide bonds. The lowest BCUT2D eigenvalue weighted by Crippen LogP contribution is -2.35. The van der Waals surface area contributed by atoms with Crippen molar-refractivity contribution < 1.29 is 14.1 Å². The first-order valence-electron chi connectivity index (χ1n) is 8.38. The van der Waals surface area contributed by atoms with Gasteiger partial charge >= 0.3 is 0 Å². The fourth-order valence-corrected chi connectivity index (χ4v) is 2.60. The summed E-state index contributed by atoms with van der Waals surface area (Å²) in [6.45, 7) is 2.56. The van der Waals surface area contributed by atoms with Crippen LogP contribution >= 0.6 is 0 Å². The van der Waals surface area contributed by atoms with Gasteiger partial charge in [-0.25, -0.2) is 0 Å². The molecule has 136 valence electrons. The number of benzene rings is 1. The molecule has 0 fully saturated rings. The Kier molecular flexibility index (Phi) is 5.62. The highest BCUT2D eigenvalue weighted by molar-refractivity contribution is 5.76. The number of ether oxygens (including phenoxy) is 1. The number of hydrogen-bond acceptors (Lipinski definition) is 6. The van der Waals surface area contributed by atoms with E-state index >= 15 is 0 Å². The molecule has 0 aliphatic rings. The van der Waals surface area contributed by atoms with Crippen molar-refractivity contribution in [1.29, 1.82) is 0 Å². The summed E-state index contributed by atoms with van der Waals surface area (Å²) in [5, 5.41) is 11.0. The molecule has 2 heterocycles. The topological polar surface area (TPSA) is 95.1 Å². The third-order valence-electron chi connectivity index (χ3n) is 3.81. The van der Waals surface area contributed by atoms with E-state index in [0.717, 1.165) is 5.56 Å². The summed E-state index contributed by atoms with van der Waals surface area (Å²) in [6.07, 6.45) is 4.23. The van der Waals surface area contributed by atoms with Gasteiger partial charge in [0.15, 0.2) is 0 Å². The van der Waals surface area contributed by atoms with Crippen molar-refractivity contribution in [2.45, 2.75) is 32.4 Å². The number of rotatable bonds is 8. The van der Waals surface area contributed by atoms with Gasteiger partial charge in [0.1, 0.15) is 5.75 Å². The predicted molar refractivity (Wildman–Crippen MR) is 94.4 cm³/mol. The van der Waals surface area contributed by atoms with Gasteiger partial charge in [-0.15, -0.1) is 0 Å². The van der Waals surface area contributed by atoms with Gasteiger partial charge in [0, 0.05) is 31.3 Å². The molecule has 0 spiro atoms. The van der Waals surface area contributed by atoms with Gasteiger partial charge < -0.3 is 14.6 Å². The minimum absolute atomic E-state index is 0.0192. The maximum Gasteiger partial charge on any atom is 0.227 e. The molecule has 26 heavy (non-hydrogen) atoms. The molecule has 0 aliphatic carbocycles. The van der Waals surface area contributed by atoms with Crippen LogP contribution in [0.4, 0.5) is 0 Å². The Morgan fingerprint density at radius 2 is 2.19 bits per heavy atom. The normalized spacial score (nSPS) is 11.9. The molecule has 0 saturated heterocycles. The minimum Gasteiger partial charge on any atom is -0.496 e. The average molecular weight is 355 g/mol. The van der Waals surface area contributed by atoms with Crippen LogP contribution in [0, 0.1) is 0 Å². The van der Waals surface area contributed by atoms with Gasteiger partial charge in [-0.05, 0) is 25.1 Å². The number of hydrogen-bond donors (Lipinski definition) is 1. The first kappa shape index (κ1) is 17.7. The minimum atomic E-state index is -0.0679. The van der Waals surface area contributed by atoms with Crippen LogP contribution < -0.4 is 10.1 Å². The van der Waals surface area contributed by atoms with Gasteiger partial charge in [-0.3, -0.25) is 9.48 Å². The molecule has 0 radical (unpaired) electrons. The van der Waals surface area contributed by atoms with Crippen molar-refractivity contribution >= 4 is 5.91 Å². The summed E-state index contributed by atoms with van der Waals surface area (Å²) in [5.74, 6) is 1.47. The van der Waals surface area contributed by atoms with E-state index in [9.17, 15) is 4.79 Å². The van der Waals surface area contributed by atoms with E-state index in [1.165, 1.54) is 0 Å². The average Bonchev–Trinajstić information content (AvgIpc) is 3.31. The lowest BCUT2D eigenvalue weighted by Gasteiger charge is -2.13. The van der Waals surface area contributed by atoms with Crippen molar-refractivity contribution in [3.63, 3.8) is 0 Å². The van der Waals surface area contributed by atoms with Gasteiger partial charge in [0.2, 0.25) is 17.6 Å². The second-order valence-electron chi connectivity index (χ2n) is 5.91. The van der Waals surface area contributed by atoms with Crippen LogP contribution in [0.1, 0.15) is 19.2 Å². The fraction of sp³-hybridized carbons (Fsp3) is 0.333. The maximum atomic E-state index is 12.1. The molecule has 1 N–H and O–H groups in total. The third-order valence-corrected chi connectivity index (χ3v) is 3.81. The van der Waals surface area contributed by atoms with E-state index in [4.69, 9.17) is 9.26 Å².